The molecule has 4 nitrogen and oxygen atoms in total. The molecule has 2 rings (SSSR count). The molecule has 24 heavy (non-hydrogen) atoms. The van der Waals surface area contributed by atoms with Gasteiger partial charge >= 0.3 is 0 Å². The third-order valence-electron chi connectivity index (χ3n) is 3.93. The minimum absolute atomic E-state index is 0.00998. The Bertz CT molecular complexity index is 680. The third kappa shape index (κ3) is 4.75. The van der Waals surface area contributed by atoms with Crippen LogP contribution in [0.5, 0.6) is 11.5 Å². The molecular weight excluding hydrogens is 302 g/mol. The van der Waals surface area contributed by atoms with Gasteiger partial charge in [-0.25, -0.2) is 0 Å². The number of hydrogen-bond donors (Lipinski definition) is 1. The van der Waals surface area contributed by atoms with Gasteiger partial charge in [-0.15, -0.1) is 0 Å². The highest BCUT2D eigenvalue weighted by Crippen LogP contribution is 2.26. The molecule has 0 saturated heterocycles. The van der Waals surface area contributed by atoms with Crippen LogP contribution >= 0.6 is 0 Å². The van der Waals surface area contributed by atoms with Crippen LogP contribution in [0.15, 0.2) is 42.5 Å². The molecule has 128 valence electrons. The third-order valence-corrected chi connectivity index (χ3v) is 3.93. The molecule has 2 aromatic rings. The van der Waals surface area contributed by atoms with Crippen molar-refractivity contribution in [3.8, 4) is 11.5 Å². The lowest BCUT2D eigenvalue weighted by molar-refractivity contribution is -0.123. The molecule has 0 aliphatic heterocycles. The number of hydrogen-bond acceptors (Lipinski definition) is 3. The van der Waals surface area contributed by atoms with Gasteiger partial charge in [0, 0.05) is 5.56 Å². The number of methoxy groups -OCH3 is 1. The van der Waals surface area contributed by atoms with Crippen LogP contribution < -0.4 is 14.8 Å². The van der Waals surface area contributed by atoms with Crippen molar-refractivity contribution in [2.24, 2.45) is 0 Å². The van der Waals surface area contributed by atoms with E-state index < -0.39 is 0 Å². The Morgan fingerprint density at radius 3 is 2.50 bits per heavy atom. The summed E-state index contributed by atoms with van der Waals surface area (Å²) in [5, 5.41) is 2.95. The second-order valence-electron chi connectivity index (χ2n) is 5.82. The maximum absolute atomic E-state index is 12.1. The summed E-state index contributed by atoms with van der Waals surface area (Å²) in [6.07, 6.45) is 0.983. The Balaban J connectivity index is 1.92. The van der Waals surface area contributed by atoms with Crippen LogP contribution in [0, 0.1) is 6.92 Å². The number of benzene rings is 2. The molecule has 0 bridgehead atoms. The highest BCUT2D eigenvalue weighted by Gasteiger charge is 2.14. The Morgan fingerprint density at radius 1 is 1.17 bits per heavy atom. The van der Waals surface area contributed by atoms with Crippen molar-refractivity contribution in [2.75, 3.05) is 13.7 Å². The second-order valence-corrected chi connectivity index (χ2v) is 5.82. The van der Waals surface area contributed by atoms with E-state index in [0.29, 0.717) is 5.75 Å². The van der Waals surface area contributed by atoms with Gasteiger partial charge in [0.1, 0.15) is 11.5 Å². The van der Waals surface area contributed by atoms with E-state index in [1.165, 1.54) is 5.56 Å². The van der Waals surface area contributed by atoms with Crippen molar-refractivity contribution >= 4 is 5.91 Å². The fourth-order valence-electron chi connectivity index (χ4n) is 2.52. The predicted molar refractivity (Wildman–Crippen MR) is 95.6 cm³/mol. The average molecular weight is 327 g/mol. The molecule has 1 amide bonds. The normalized spacial score (nSPS) is 11.7. The minimum Gasteiger partial charge on any atom is -0.496 e. The van der Waals surface area contributed by atoms with E-state index in [1.54, 1.807) is 7.11 Å². The molecule has 1 N–H and O–H groups in total. The van der Waals surface area contributed by atoms with Gasteiger partial charge < -0.3 is 14.8 Å². The number of carbonyl (C=O) groups excluding carboxylic acids is 1. The van der Waals surface area contributed by atoms with Crippen molar-refractivity contribution in [3.05, 3.63) is 59.2 Å². The Kier molecular flexibility index (Phi) is 6.24. The molecule has 0 aromatic heterocycles. The van der Waals surface area contributed by atoms with Gasteiger partial charge in [-0.1, -0.05) is 36.8 Å². The molecule has 0 aliphatic carbocycles. The van der Waals surface area contributed by atoms with E-state index in [1.807, 2.05) is 56.3 Å². The van der Waals surface area contributed by atoms with Crippen LogP contribution in [0.4, 0.5) is 0 Å². The first kappa shape index (κ1) is 17.9. The van der Waals surface area contributed by atoms with Crippen LogP contribution in [0.1, 0.15) is 36.6 Å². The number of amides is 1. The summed E-state index contributed by atoms with van der Waals surface area (Å²) in [7, 11) is 1.63. The quantitative estimate of drug-likeness (QED) is 0.841. The van der Waals surface area contributed by atoms with E-state index >= 15 is 0 Å². The highest BCUT2D eigenvalue weighted by atomic mass is 16.5. The smallest absolute Gasteiger partial charge is 0.258 e. The summed E-state index contributed by atoms with van der Waals surface area (Å²) < 4.78 is 10.9. The van der Waals surface area contributed by atoms with Crippen molar-refractivity contribution in [3.63, 3.8) is 0 Å². The molecule has 0 aliphatic rings. The average Bonchev–Trinajstić information content (AvgIpc) is 2.60. The van der Waals surface area contributed by atoms with Gasteiger partial charge in [0.15, 0.2) is 6.61 Å². The monoisotopic (exact) mass is 327 g/mol. The number of nitrogens with one attached hydrogen (secondary N) is 1. The molecular formula is C20H25NO3. The summed E-state index contributed by atoms with van der Waals surface area (Å²) in [5.74, 6) is 1.30. The van der Waals surface area contributed by atoms with Gasteiger partial charge in [0.05, 0.1) is 13.2 Å². The minimum atomic E-state index is -0.161. The summed E-state index contributed by atoms with van der Waals surface area (Å²) >= 11 is 0. The summed E-state index contributed by atoms with van der Waals surface area (Å²) in [4.78, 5) is 12.1. The standard InChI is InChI=1S/C20H25NO3/c1-5-16-7-9-17(10-8-16)24-13-20(22)21-15(3)18-12-14(2)6-11-19(18)23-4/h6-12,15H,5,13H2,1-4H3,(H,21,22)/t15-/m0/s1. The lowest BCUT2D eigenvalue weighted by atomic mass is 10.0. The van der Waals surface area contributed by atoms with Crippen LogP contribution in [0.2, 0.25) is 0 Å². The van der Waals surface area contributed by atoms with Gasteiger partial charge in [-0.3, -0.25) is 4.79 Å². The lowest BCUT2D eigenvalue weighted by Crippen LogP contribution is -2.31. The summed E-state index contributed by atoms with van der Waals surface area (Å²) in [6, 6.07) is 13.6. The molecule has 0 fully saturated rings. The van der Waals surface area contributed by atoms with Crippen LogP contribution in [-0.4, -0.2) is 19.6 Å². The van der Waals surface area contributed by atoms with E-state index in [-0.39, 0.29) is 18.6 Å². The first-order chi connectivity index (χ1) is 11.5. The fourth-order valence-corrected chi connectivity index (χ4v) is 2.52. The second kappa shape index (κ2) is 8.39. The number of rotatable bonds is 7. The Morgan fingerprint density at radius 2 is 1.88 bits per heavy atom. The van der Waals surface area contributed by atoms with Crippen molar-refractivity contribution in [2.45, 2.75) is 33.2 Å². The highest BCUT2D eigenvalue weighted by molar-refractivity contribution is 5.78. The number of ether oxygens (including phenoxy) is 2. The van der Waals surface area contributed by atoms with Crippen molar-refractivity contribution in [1.29, 1.82) is 0 Å². The van der Waals surface area contributed by atoms with Gasteiger partial charge in [0.25, 0.3) is 5.91 Å². The molecule has 0 heterocycles. The van der Waals surface area contributed by atoms with E-state index in [4.69, 9.17) is 9.47 Å². The zero-order valence-electron chi connectivity index (χ0n) is 14.8. The van der Waals surface area contributed by atoms with E-state index in [0.717, 1.165) is 23.3 Å². The molecule has 0 spiro atoms. The largest absolute Gasteiger partial charge is 0.496 e. The summed E-state index contributed by atoms with van der Waals surface area (Å²) in [6.45, 7) is 6.04. The molecule has 2 aromatic carbocycles. The van der Waals surface area contributed by atoms with Crippen molar-refractivity contribution in [1.82, 2.24) is 5.32 Å². The van der Waals surface area contributed by atoms with Gasteiger partial charge in [0.2, 0.25) is 0 Å². The first-order valence-corrected chi connectivity index (χ1v) is 8.19. The number of aryl methyl sites for hydroxylation is 2. The van der Waals surface area contributed by atoms with E-state index in [2.05, 4.69) is 12.2 Å². The molecule has 0 radical (unpaired) electrons. The number of carbonyl (C=O) groups is 1. The predicted octanol–water partition coefficient (Wildman–Crippen LogP) is 3.82. The Labute approximate surface area is 143 Å². The molecule has 1 atom stereocenters. The summed E-state index contributed by atoms with van der Waals surface area (Å²) in [5.41, 5.74) is 3.32. The van der Waals surface area contributed by atoms with Gasteiger partial charge in [-0.2, -0.15) is 0 Å². The van der Waals surface area contributed by atoms with Crippen molar-refractivity contribution < 1.29 is 14.3 Å². The van der Waals surface area contributed by atoms with Crippen LogP contribution in [0.3, 0.4) is 0 Å². The topological polar surface area (TPSA) is 47.6 Å². The van der Waals surface area contributed by atoms with E-state index in [9.17, 15) is 4.79 Å². The maximum atomic E-state index is 12.1. The SMILES string of the molecule is CCc1ccc(OCC(=O)N[C@@H](C)c2cc(C)ccc2OC)cc1. The zero-order valence-corrected chi connectivity index (χ0v) is 14.8. The van der Waals surface area contributed by atoms with Crippen LogP contribution in [-0.2, 0) is 11.2 Å². The van der Waals surface area contributed by atoms with Gasteiger partial charge in [-0.05, 0) is 44.0 Å². The zero-order chi connectivity index (χ0) is 17.5. The first-order valence-electron chi connectivity index (χ1n) is 8.19. The molecule has 0 saturated carbocycles. The Hall–Kier alpha value is -2.49. The fraction of sp³-hybridized carbons (Fsp3) is 0.350. The van der Waals surface area contributed by atoms with Crippen LogP contribution in [0.25, 0.3) is 0 Å². The molecule has 0 unspecified atom stereocenters. The molecule has 4 heteroatoms. The maximum Gasteiger partial charge on any atom is 0.258 e. The lowest BCUT2D eigenvalue weighted by Gasteiger charge is -2.18.